The molecule has 0 amide bonds. The van der Waals surface area contributed by atoms with Gasteiger partial charge in [0.15, 0.2) is 0 Å². The van der Waals surface area contributed by atoms with Gasteiger partial charge in [-0.1, -0.05) is 10.8 Å². The largest absolute Gasteiger partial charge is 0.468 e. The third kappa shape index (κ3) is 2.47. The number of ether oxygens (including phenoxy) is 1. The molecule has 0 heterocycles. The van der Waals surface area contributed by atoms with Crippen molar-refractivity contribution in [3.8, 4) is 0 Å². The average Bonchev–Trinajstić information content (AvgIpc) is 1.84. The molecule has 0 saturated heterocycles. The predicted octanol–water partition coefficient (Wildman–Crippen LogP) is 1.13. The Labute approximate surface area is 57.8 Å². The molecule has 4 heteroatoms. The highest BCUT2D eigenvalue weighted by atomic mass is 33.1. The van der Waals surface area contributed by atoms with Crippen LogP contribution in [0.4, 0.5) is 0 Å². The van der Waals surface area contributed by atoms with Crippen LogP contribution in [-0.2, 0) is 9.53 Å². The fraction of sp³-hybridized carbons (Fsp3) is 0.750. The van der Waals surface area contributed by atoms with Crippen molar-refractivity contribution in [3.63, 3.8) is 0 Å². The standard InChI is InChI=1S/C4H8O2S2/c1-3(8-7)4(5)6-2/h3,7H,1-2H3. The second-order valence-corrected chi connectivity index (χ2v) is 2.82. The highest BCUT2D eigenvalue weighted by molar-refractivity contribution is 8.69. The molecule has 0 aliphatic rings. The van der Waals surface area contributed by atoms with Gasteiger partial charge in [-0.25, -0.2) is 0 Å². The maximum atomic E-state index is 10.5. The van der Waals surface area contributed by atoms with E-state index in [4.69, 9.17) is 0 Å². The molecule has 0 N–H and O–H groups in total. The topological polar surface area (TPSA) is 26.3 Å². The highest BCUT2D eigenvalue weighted by Gasteiger charge is 2.09. The molecule has 0 saturated carbocycles. The zero-order chi connectivity index (χ0) is 6.57. The Balaban J connectivity index is 3.46. The second kappa shape index (κ2) is 4.09. The van der Waals surface area contributed by atoms with Gasteiger partial charge in [0.1, 0.15) is 5.25 Å². The first-order chi connectivity index (χ1) is 3.72. The van der Waals surface area contributed by atoms with Crippen LogP contribution in [0.2, 0.25) is 0 Å². The number of hydrogen-bond acceptors (Lipinski definition) is 4. The minimum Gasteiger partial charge on any atom is -0.468 e. The van der Waals surface area contributed by atoms with Crippen molar-refractivity contribution in [1.29, 1.82) is 0 Å². The van der Waals surface area contributed by atoms with E-state index in [2.05, 4.69) is 16.4 Å². The minimum absolute atomic E-state index is 0.164. The van der Waals surface area contributed by atoms with E-state index in [-0.39, 0.29) is 11.2 Å². The summed E-state index contributed by atoms with van der Waals surface area (Å²) in [6.07, 6.45) is 0. The summed E-state index contributed by atoms with van der Waals surface area (Å²) in [4.78, 5) is 10.5. The summed E-state index contributed by atoms with van der Waals surface area (Å²) in [6, 6.07) is 0. The maximum Gasteiger partial charge on any atom is 0.319 e. The van der Waals surface area contributed by atoms with Crippen LogP contribution in [0.25, 0.3) is 0 Å². The Kier molecular flexibility index (Phi) is 4.18. The van der Waals surface area contributed by atoms with Crippen molar-refractivity contribution < 1.29 is 9.53 Å². The predicted molar refractivity (Wildman–Crippen MR) is 38.1 cm³/mol. The summed E-state index contributed by atoms with van der Waals surface area (Å²) >= 11 is 3.82. The van der Waals surface area contributed by atoms with Crippen LogP contribution >= 0.6 is 22.5 Å². The molecule has 2 nitrogen and oxygen atoms in total. The van der Waals surface area contributed by atoms with Gasteiger partial charge in [-0.05, 0) is 6.92 Å². The third-order valence-electron chi connectivity index (χ3n) is 0.691. The molecule has 0 aliphatic carbocycles. The van der Waals surface area contributed by atoms with Gasteiger partial charge in [0.25, 0.3) is 0 Å². The molecule has 1 atom stereocenters. The molecular formula is C4H8O2S2. The molecule has 48 valence electrons. The molecule has 0 spiro atoms. The quantitative estimate of drug-likeness (QED) is 0.365. The van der Waals surface area contributed by atoms with Crippen LogP contribution in [0.15, 0.2) is 0 Å². The van der Waals surface area contributed by atoms with Gasteiger partial charge in [0.2, 0.25) is 0 Å². The van der Waals surface area contributed by atoms with E-state index in [0.717, 1.165) is 0 Å². The van der Waals surface area contributed by atoms with Gasteiger partial charge in [0.05, 0.1) is 7.11 Å². The third-order valence-corrected chi connectivity index (χ3v) is 2.15. The Hall–Kier alpha value is 0.170. The van der Waals surface area contributed by atoms with Crippen molar-refractivity contribution in [1.82, 2.24) is 0 Å². The monoisotopic (exact) mass is 152 g/mol. The van der Waals surface area contributed by atoms with E-state index in [1.165, 1.54) is 17.9 Å². The molecular weight excluding hydrogens is 144 g/mol. The lowest BCUT2D eigenvalue weighted by Gasteiger charge is -2.01. The lowest BCUT2D eigenvalue weighted by atomic mass is 10.5. The number of esters is 1. The van der Waals surface area contributed by atoms with Crippen molar-refractivity contribution >= 4 is 28.4 Å². The summed E-state index contributed by atoms with van der Waals surface area (Å²) in [5.74, 6) is -0.231. The van der Waals surface area contributed by atoms with Crippen LogP contribution in [0.1, 0.15) is 6.92 Å². The van der Waals surface area contributed by atoms with E-state index in [1.54, 1.807) is 6.92 Å². The summed E-state index contributed by atoms with van der Waals surface area (Å²) in [6.45, 7) is 1.74. The first-order valence-electron chi connectivity index (χ1n) is 2.10. The Morgan fingerprint density at radius 3 is 2.50 bits per heavy atom. The zero-order valence-electron chi connectivity index (χ0n) is 4.75. The van der Waals surface area contributed by atoms with Gasteiger partial charge in [-0.3, -0.25) is 4.79 Å². The van der Waals surface area contributed by atoms with Crippen molar-refractivity contribution in [2.45, 2.75) is 12.2 Å². The summed E-state index contributed by atoms with van der Waals surface area (Å²) in [5, 5.41) is -0.164. The normalized spacial score (nSPS) is 12.9. The Morgan fingerprint density at radius 1 is 1.88 bits per heavy atom. The molecule has 0 aromatic carbocycles. The lowest BCUT2D eigenvalue weighted by molar-refractivity contribution is -0.139. The lowest BCUT2D eigenvalue weighted by Crippen LogP contribution is -2.12. The summed E-state index contributed by atoms with van der Waals surface area (Å²) in [7, 11) is 2.54. The number of carbonyl (C=O) groups is 1. The molecule has 8 heavy (non-hydrogen) atoms. The molecule has 0 rings (SSSR count). The highest BCUT2D eigenvalue weighted by Crippen LogP contribution is 2.14. The molecule has 0 radical (unpaired) electrons. The zero-order valence-corrected chi connectivity index (χ0v) is 6.46. The van der Waals surface area contributed by atoms with E-state index in [1.807, 2.05) is 0 Å². The fourth-order valence-corrected chi connectivity index (χ4v) is 0.649. The second-order valence-electron chi connectivity index (χ2n) is 1.27. The number of rotatable bonds is 2. The van der Waals surface area contributed by atoms with Gasteiger partial charge in [-0.15, -0.1) is 11.7 Å². The molecule has 0 aliphatic heterocycles. The Morgan fingerprint density at radius 2 is 2.38 bits per heavy atom. The first kappa shape index (κ1) is 8.17. The van der Waals surface area contributed by atoms with Crippen LogP contribution < -0.4 is 0 Å². The number of methoxy groups -OCH3 is 1. The van der Waals surface area contributed by atoms with Crippen LogP contribution in [0.5, 0.6) is 0 Å². The smallest absolute Gasteiger partial charge is 0.319 e. The summed E-state index contributed by atoms with van der Waals surface area (Å²) in [5.41, 5.74) is 0. The number of carbonyl (C=O) groups excluding carboxylic acids is 1. The van der Waals surface area contributed by atoms with E-state index in [0.29, 0.717) is 0 Å². The van der Waals surface area contributed by atoms with Crippen LogP contribution in [0.3, 0.4) is 0 Å². The number of hydrogen-bond donors (Lipinski definition) is 1. The van der Waals surface area contributed by atoms with Crippen molar-refractivity contribution in [3.05, 3.63) is 0 Å². The van der Waals surface area contributed by atoms with E-state index < -0.39 is 0 Å². The molecule has 0 aromatic heterocycles. The Bertz CT molecular complexity index is 84.1. The molecule has 0 aromatic rings. The van der Waals surface area contributed by atoms with Gasteiger partial charge >= 0.3 is 5.97 Å². The van der Waals surface area contributed by atoms with Gasteiger partial charge in [-0.2, -0.15) is 0 Å². The molecule has 1 unspecified atom stereocenters. The van der Waals surface area contributed by atoms with Crippen molar-refractivity contribution in [2.24, 2.45) is 0 Å². The SMILES string of the molecule is COC(=O)C(C)SS. The summed E-state index contributed by atoms with van der Waals surface area (Å²) < 4.78 is 4.39. The molecule has 0 bridgehead atoms. The van der Waals surface area contributed by atoms with Crippen molar-refractivity contribution in [2.75, 3.05) is 7.11 Å². The number of thiol groups is 1. The van der Waals surface area contributed by atoms with E-state index in [9.17, 15) is 4.79 Å². The average molecular weight is 152 g/mol. The fourth-order valence-electron chi connectivity index (χ4n) is 0.209. The van der Waals surface area contributed by atoms with E-state index >= 15 is 0 Å². The molecule has 0 fully saturated rings. The van der Waals surface area contributed by atoms with Crippen LogP contribution in [0, 0.1) is 0 Å². The van der Waals surface area contributed by atoms with Gasteiger partial charge in [0, 0.05) is 0 Å². The maximum absolute atomic E-state index is 10.5. The van der Waals surface area contributed by atoms with Crippen LogP contribution in [-0.4, -0.2) is 18.3 Å². The first-order valence-corrected chi connectivity index (χ1v) is 4.03. The minimum atomic E-state index is -0.231. The van der Waals surface area contributed by atoms with Gasteiger partial charge < -0.3 is 4.74 Å².